The van der Waals surface area contributed by atoms with E-state index >= 15 is 0 Å². The van der Waals surface area contributed by atoms with Crippen molar-refractivity contribution >= 4 is 17.6 Å². The Hall–Kier alpha value is -1.88. The zero-order chi connectivity index (χ0) is 14.0. The molecule has 1 fully saturated rings. The Morgan fingerprint density at radius 3 is 2.68 bits per heavy atom. The number of anilines is 1. The second-order valence-electron chi connectivity index (χ2n) is 5.03. The molecule has 0 spiro atoms. The molecule has 0 aromatic heterocycles. The summed E-state index contributed by atoms with van der Waals surface area (Å²) in [4.78, 5) is 23.0. The number of aryl methyl sites for hydroxylation is 1. The molecule has 0 heterocycles. The summed E-state index contributed by atoms with van der Waals surface area (Å²) in [7, 11) is 0. The normalized spacial score (nSPS) is 22.2. The fourth-order valence-corrected chi connectivity index (χ4v) is 2.43. The maximum absolute atomic E-state index is 12.1. The van der Waals surface area contributed by atoms with Gasteiger partial charge in [0.2, 0.25) is 5.91 Å². The van der Waals surface area contributed by atoms with Crippen molar-refractivity contribution in [2.45, 2.75) is 32.2 Å². The molecule has 4 N–H and O–H groups in total. The summed E-state index contributed by atoms with van der Waals surface area (Å²) in [6, 6.07) is 4.60. The van der Waals surface area contributed by atoms with Crippen LogP contribution in [-0.4, -0.2) is 23.0 Å². The average molecular weight is 262 g/mol. The van der Waals surface area contributed by atoms with Gasteiger partial charge in [0.25, 0.3) is 0 Å². The fourth-order valence-electron chi connectivity index (χ4n) is 2.43. The third-order valence-electron chi connectivity index (χ3n) is 3.65. The van der Waals surface area contributed by atoms with E-state index in [0.717, 1.165) is 24.8 Å². The highest BCUT2D eigenvalue weighted by atomic mass is 16.4. The van der Waals surface area contributed by atoms with E-state index in [1.54, 1.807) is 6.07 Å². The van der Waals surface area contributed by atoms with Crippen molar-refractivity contribution in [1.82, 2.24) is 0 Å². The first-order chi connectivity index (χ1) is 8.99. The molecule has 1 amide bonds. The largest absolute Gasteiger partial charge is 0.478 e. The number of aromatic carboxylic acids is 1. The van der Waals surface area contributed by atoms with Gasteiger partial charge in [-0.1, -0.05) is 12.5 Å². The minimum Gasteiger partial charge on any atom is -0.478 e. The molecule has 2 atom stereocenters. The van der Waals surface area contributed by atoms with E-state index < -0.39 is 5.97 Å². The molecule has 2 unspecified atom stereocenters. The second kappa shape index (κ2) is 5.40. The average Bonchev–Trinajstić information content (AvgIpc) is 2.78. The number of nitrogens with two attached hydrogens (primary N) is 1. The summed E-state index contributed by atoms with van der Waals surface area (Å²) in [5.74, 6) is -1.29. The van der Waals surface area contributed by atoms with E-state index in [9.17, 15) is 9.59 Å². The number of amides is 1. The standard InChI is InChI=1S/C14H18N2O3/c1-8-5-6-9(14(18)19)7-12(8)16-13(17)10-3-2-4-11(10)15/h5-7,10-11H,2-4,15H2,1H3,(H,16,17)(H,18,19). The van der Waals surface area contributed by atoms with Crippen molar-refractivity contribution in [2.75, 3.05) is 5.32 Å². The maximum atomic E-state index is 12.1. The second-order valence-corrected chi connectivity index (χ2v) is 5.03. The smallest absolute Gasteiger partial charge is 0.335 e. The summed E-state index contributed by atoms with van der Waals surface area (Å²) < 4.78 is 0. The molecule has 102 valence electrons. The molecular formula is C14H18N2O3. The van der Waals surface area contributed by atoms with Crippen LogP contribution in [0.2, 0.25) is 0 Å². The number of carboxylic acids is 1. The lowest BCUT2D eigenvalue weighted by Gasteiger charge is -2.16. The SMILES string of the molecule is Cc1ccc(C(=O)O)cc1NC(=O)C1CCCC1N. The van der Waals surface area contributed by atoms with Gasteiger partial charge in [-0.25, -0.2) is 4.79 Å². The number of hydrogen-bond donors (Lipinski definition) is 3. The lowest BCUT2D eigenvalue weighted by atomic mass is 10.0. The number of carbonyl (C=O) groups is 2. The molecule has 1 saturated carbocycles. The molecule has 1 aliphatic carbocycles. The molecule has 5 heteroatoms. The van der Waals surface area contributed by atoms with Gasteiger partial charge in [0.1, 0.15) is 0 Å². The van der Waals surface area contributed by atoms with Gasteiger partial charge < -0.3 is 16.2 Å². The highest BCUT2D eigenvalue weighted by molar-refractivity contribution is 5.96. The molecule has 1 aliphatic rings. The van der Waals surface area contributed by atoms with Crippen molar-refractivity contribution in [3.8, 4) is 0 Å². The Bertz CT molecular complexity index is 513. The zero-order valence-electron chi connectivity index (χ0n) is 10.8. The van der Waals surface area contributed by atoms with Gasteiger partial charge in [-0.05, 0) is 37.5 Å². The van der Waals surface area contributed by atoms with E-state index in [2.05, 4.69) is 5.32 Å². The molecule has 0 aliphatic heterocycles. The van der Waals surface area contributed by atoms with Gasteiger partial charge in [0, 0.05) is 11.7 Å². The Morgan fingerprint density at radius 1 is 1.37 bits per heavy atom. The lowest BCUT2D eigenvalue weighted by molar-refractivity contribution is -0.120. The van der Waals surface area contributed by atoms with Gasteiger partial charge in [0.15, 0.2) is 0 Å². The summed E-state index contributed by atoms with van der Waals surface area (Å²) >= 11 is 0. The van der Waals surface area contributed by atoms with Crippen LogP contribution in [0.5, 0.6) is 0 Å². The summed E-state index contributed by atoms with van der Waals surface area (Å²) in [6.07, 6.45) is 2.63. The van der Waals surface area contributed by atoms with Gasteiger partial charge in [0.05, 0.1) is 11.5 Å². The van der Waals surface area contributed by atoms with Crippen LogP contribution in [0.1, 0.15) is 35.2 Å². The highest BCUT2D eigenvalue weighted by Crippen LogP contribution is 2.26. The quantitative estimate of drug-likeness (QED) is 0.773. The molecule has 19 heavy (non-hydrogen) atoms. The molecule has 0 bridgehead atoms. The third-order valence-corrected chi connectivity index (χ3v) is 3.65. The van der Waals surface area contributed by atoms with Gasteiger partial charge in [-0.2, -0.15) is 0 Å². The highest BCUT2D eigenvalue weighted by Gasteiger charge is 2.30. The molecule has 2 rings (SSSR count). The summed E-state index contributed by atoms with van der Waals surface area (Å²) in [5.41, 5.74) is 7.44. The van der Waals surface area contributed by atoms with Crippen molar-refractivity contribution in [2.24, 2.45) is 11.7 Å². The van der Waals surface area contributed by atoms with Crippen molar-refractivity contribution in [1.29, 1.82) is 0 Å². The first-order valence-corrected chi connectivity index (χ1v) is 6.39. The van der Waals surface area contributed by atoms with E-state index in [4.69, 9.17) is 10.8 Å². The molecular weight excluding hydrogens is 244 g/mol. The number of benzene rings is 1. The van der Waals surface area contributed by atoms with Crippen LogP contribution in [0.3, 0.4) is 0 Å². The zero-order valence-corrected chi connectivity index (χ0v) is 10.8. The van der Waals surface area contributed by atoms with Crippen LogP contribution in [0.25, 0.3) is 0 Å². The third kappa shape index (κ3) is 2.93. The van der Waals surface area contributed by atoms with E-state index in [0.29, 0.717) is 5.69 Å². The van der Waals surface area contributed by atoms with Crippen LogP contribution in [0.4, 0.5) is 5.69 Å². The Kier molecular flexibility index (Phi) is 3.85. The van der Waals surface area contributed by atoms with Crippen LogP contribution < -0.4 is 11.1 Å². The van der Waals surface area contributed by atoms with Gasteiger partial charge in [-0.15, -0.1) is 0 Å². The Balaban J connectivity index is 2.16. The van der Waals surface area contributed by atoms with Crippen LogP contribution in [-0.2, 0) is 4.79 Å². The first kappa shape index (κ1) is 13.5. The first-order valence-electron chi connectivity index (χ1n) is 6.39. The molecule has 5 nitrogen and oxygen atoms in total. The lowest BCUT2D eigenvalue weighted by Crippen LogP contribution is -2.34. The predicted molar refractivity (Wildman–Crippen MR) is 72.1 cm³/mol. The summed E-state index contributed by atoms with van der Waals surface area (Å²) in [5, 5.41) is 11.8. The van der Waals surface area contributed by atoms with Gasteiger partial charge in [-0.3, -0.25) is 4.79 Å². The maximum Gasteiger partial charge on any atom is 0.335 e. The minimum atomic E-state index is -1.01. The van der Waals surface area contributed by atoms with E-state index in [1.165, 1.54) is 12.1 Å². The molecule has 0 radical (unpaired) electrons. The van der Waals surface area contributed by atoms with Crippen molar-refractivity contribution in [3.63, 3.8) is 0 Å². The number of rotatable bonds is 3. The summed E-state index contributed by atoms with van der Waals surface area (Å²) in [6.45, 7) is 1.83. The Labute approximate surface area is 111 Å². The topological polar surface area (TPSA) is 92.4 Å². The van der Waals surface area contributed by atoms with Crippen molar-refractivity contribution < 1.29 is 14.7 Å². The van der Waals surface area contributed by atoms with E-state index in [-0.39, 0.29) is 23.4 Å². The molecule has 1 aromatic rings. The van der Waals surface area contributed by atoms with Crippen LogP contribution >= 0.6 is 0 Å². The number of hydrogen-bond acceptors (Lipinski definition) is 3. The molecule has 1 aromatic carbocycles. The number of carboxylic acid groups (broad SMARTS) is 1. The Morgan fingerprint density at radius 2 is 2.11 bits per heavy atom. The number of nitrogens with one attached hydrogen (secondary N) is 1. The van der Waals surface area contributed by atoms with E-state index in [1.807, 2.05) is 6.92 Å². The monoisotopic (exact) mass is 262 g/mol. The van der Waals surface area contributed by atoms with Gasteiger partial charge >= 0.3 is 5.97 Å². The van der Waals surface area contributed by atoms with Crippen LogP contribution in [0.15, 0.2) is 18.2 Å². The number of carbonyl (C=O) groups excluding carboxylic acids is 1. The minimum absolute atomic E-state index is 0.0945. The fraction of sp³-hybridized carbons (Fsp3) is 0.429. The van der Waals surface area contributed by atoms with Crippen molar-refractivity contribution in [3.05, 3.63) is 29.3 Å². The molecule has 0 saturated heterocycles. The predicted octanol–water partition coefficient (Wildman–Crippen LogP) is 1.76. The van der Waals surface area contributed by atoms with Crippen LogP contribution in [0, 0.1) is 12.8 Å².